The number of aryl methyl sites for hydroxylation is 2. The fourth-order valence-electron chi connectivity index (χ4n) is 8.17. The van der Waals surface area contributed by atoms with E-state index in [1.807, 2.05) is 31.5 Å². The lowest BCUT2D eigenvalue weighted by atomic mass is 9.68. The number of nitrogens with zero attached hydrogens (tertiary/aromatic N) is 4. The minimum absolute atomic E-state index is 0.288. The molecular weight excluding hydrogens is 600 g/mol. The second-order valence-corrected chi connectivity index (χ2v) is 13.5. The molecule has 0 radical (unpaired) electrons. The molecule has 5 aromatic rings. The lowest BCUT2D eigenvalue weighted by Crippen LogP contribution is -2.58. The summed E-state index contributed by atoms with van der Waals surface area (Å²) in [6.45, 7) is 10.5. The third-order valence-corrected chi connectivity index (χ3v) is 10.7. The Morgan fingerprint density at radius 3 is 2.38 bits per heavy atom. The molecule has 3 aromatic heterocycles. The van der Waals surface area contributed by atoms with Gasteiger partial charge in [0.05, 0.1) is 10.9 Å². The molecule has 4 heterocycles. The van der Waals surface area contributed by atoms with Crippen LogP contribution in [-0.2, 0) is 30.6 Å². The van der Waals surface area contributed by atoms with Gasteiger partial charge in [-0.25, -0.2) is 9.07 Å². The number of pyridine rings is 2. The van der Waals surface area contributed by atoms with Crippen molar-refractivity contribution in [1.29, 1.82) is 0 Å². The van der Waals surface area contributed by atoms with Gasteiger partial charge in [0.15, 0.2) is 18.1 Å². The molecular formula is C39H40F4N4+2. The van der Waals surface area contributed by atoms with Gasteiger partial charge >= 0.3 is 6.18 Å². The van der Waals surface area contributed by atoms with Gasteiger partial charge in [-0.1, -0.05) is 59.2 Å². The summed E-state index contributed by atoms with van der Waals surface area (Å²) in [6, 6.07) is 16.4. The standard InChI is InChI=1S/C39H40F4N4/c1-7-10-13-24-15-17-27-34-26(24)19-21-46-36(34)33-25(16-18-28(40)35(33)37(27,4)5)22-32(38(46,8-2)9-3)47-30(23-31(44-47)39(41,42)43)29-14-11-12-20-45(29)6/h11-12,14-23H,7-10,13H2,1-6H3/q+2. The number of unbranched alkanes of at least 4 members (excludes halogenated alkanes) is 1. The summed E-state index contributed by atoms with van der Waals surface area (Å²) in [5.41, 5.74) is 4.53. The average Bonchev–Trinajstić information content (AvgIpc) is 3.44. The molecule has 1 aliphatic heterocycles. The summed E-state index contributed by atoms with van der Waals surface area (Å²) in [5, 5.41) is 6.56. The molecule has 0 atom stereocenters. The first-order chi connectivity index (χ1) is 22.4. The van der Waals surface area contributed by atoms with Crippen LogP contribution >= 0.6 is 0 Å². The molecule has 7 rings (SSSR count). The number of allylic oxidation sites excluding steroid dienone is 1. The number of benzene rings is 2. The van der Waals surface area contributed by atoms with Crippen LogP contribution in [0.2, 0.25) is 0 Å². The molecule has 242 valence electrons. The van der Waals surface area contributed by atoms with Crippen LogP contribution < -0.4 is 9.13 Å². The van der Waals surface area contributed by atoms with E-state index in [0.29, 0.717) is 35.5 Å². The van der Waals surface area contributed by atoms with Crippen molar-refractivity contribution in [2.45, 2.75) is 83.9 Å². The van der Waals surface area contributed by atoms with Gasteiger partial charge in [0.1, 0.15) is 24.3 Å². The maximum absolute atomic E-state index is 16.2. The van der Waals surface area contributed by atoms with Gasteiger partial charge in [0, 0.05) is 48.1 Å². The third kappa shape index (κ3) is 4.43. The highest BCUT2D eigenvalue weighted by Gasteiger charge is 2.52. The Morgan fingerprint density at radius 1 is 0.936 bits per heavy atom. The second kappa shape index (κ2) is 10.9. The van der Waals surface area contributed by atoms with Crippen molar-refractivity contribution in [2.24, 2.45) is 7.05 Å². The Balaban J connectivity index is 1.66. The lowest BCUT2D eigenvalue weighted by molar-refractivity contribution is -0.740. The van der Waals surface area contributed by atoms with E-state index in [0.717, 1.165) is 58.5 Å². The van der Waals surface area contributed by atoms with Gasteiger partial charge in [-0.05, 0) is 53.1 Å². The van der Waals surface area contributed by atoms with Gasteiger partial charge in [0.2, 0.25) is 16.9 Å². The minimum atomic E-state index is -4.65. The Morgan fingerprint density at radius 2 is 1.70 bits per heavy atom. The quantitative estimate of drug-likeness (QED) is 0.129. The highest BCUT2D eigenvalue weighted by Crippen LogP contribution is 2.53. The predicted molar refractivity (Wildman–Crippen MR) is 177 cm³/mol. The summed E-state index contributed by atoms with van der Waals surface area (Å²) in [5.74, 6) is -0.288. The molecule has 0 fully saturated rings. The summed E-state index contributed by atoms with van der Waals surface area (Å²) < 4.78 is 65.0. The van der Waals surface area contributed by atoms with E-state index in [1.165, 1.54) is 16.3 Å². The van der Waals surface area contributed by atoms with Crippen molar-refractivity contribution in [3.05, 3.63) is 101 Å². The smallest absolute Gasteiger partial charge is 0.223 e. The Bertz CT molecular complexity index is 2100. The molecule has 0 N–H and O–H groups in total. The number of hydrogen-bond donors (Lipinski definition) is 0. The molecule has 47 heavy (non-hydrogen) atoms. The van der Waals surface area contributed by atoms with Crippen LogP contribution in [0.15, 0.2) is 67.0 Å². The topological polar surface area (TPSA) is 25.6 Å². The van der Waals surface area contributed by atoms with E-state index in [-0.39, 0.29) is 5.82 Å². The maximum Gasteiger partial charge on any atom is 0.435 e. The predicted octanol–water partition coefficient (Wildman–Crippen LogP) is 9.15. The number of hydrogen-bond acceptors (Lipinski definition) is 1. The maximum atomic E-state index is 16.2. The van der Waals surface area contributed by atoms with E-state index < -0.39 is 22.8 Å². The summed E-state index contributed by atoms with van der Waals surface area (Å²) in [4.78, 5) is 0. The van der Waals surface area contributed by atoms with Crippen molar-refractivity contribution in [3.63, 3.8) is 0 Å². The van der Waals surface area contributed by atoms with Crippen LogP contribution in [-0.4, -0.2) is 9.78 Å². The van der Waals surface area contributed by atoms with Crippen molar-refractivity contribution < 1.29 is 26.7 Å². The molecule has 0 unspecified atom stereocenters. The average molecular weight is 641 g/mol. The molecule has 8 heteroatoms. The molecule has 0 bridgehead atoms. The fourth-order valence-corrected chi connectivity index (χ4v) is 8.17. The highest BCUT2D eigenvalue weighted by molar-refractivity contribution is 6.04. The molecule has 4 nitrogen and oxygen atoms in total. The fraction of sp³-hybridized carbons (Fsp3) is 0.359. The second-order valence-electron chi connectivity index (χ2n) is 13.5. The van der Waals surface area contributed by atoms with Gasteiger partial charge < -0.3 is 0 Å². The molecule has 2 aliphatic rings. The van der Waals surface area contributed by atoms with E-state index >= 15 is 4.39 Å². The van der Waals surface area contributed by atoms with Crippen molar-refractivity contribution in [2.75, 3.05) is 0 Å². The number of alkyl halides is 3. The van der Waals surface area contributed by atoms with E-state index in [9.17, 15) is 13.2 Å². The third-order valence-electron chi connectivity index (χ3n) is 10.7. The molecule has 0 spiro atoms. The highest BCUT2D eigenvalue weighted by atomic mass is 19.4. The van der Waals surface area contributed by atoms with Gasteiger partial charge in [-0.3, -0.25) is 0 Å². The number of rotatable bonds is 7. The lowest BCUT2D eigenvalue weighted by Gasteiger charge is -2.36. The first-order valence-corrected chi connectivity index (χ1v) is 16.6. The summed E-state index contributed by atoms with van der Waals surface area (Å²) >= 11 is 0. The van der Waals surface area contributed by atoms with Crippen LogP contribution in [0.4, 0.5) is 17.6 Å². The van der Waals surface area contributed by atoms with Gasteiger partial charge in [-0.2, -0.15) is 27.4 Å². The zero-order chi connectivity index (χ0) is 33.5. The molecule has 0 amide bonds. The van der Waals surface area contributed by atoms with Gasteiger partial charge in [-0.15, -0.1) is 0 Å². The Kier molecular flexibility index (Phi) is 7.23. The largest absolute Gasteiger partial charge is 0.435 e. The van der Waals surface area contributed by atoms with Crippen LogP contribution in [0.25, 0.3) is 45.2 Å². The molecule has 1 aliphatic carbocycles. The number of halogens is 4. The van der Waals surface area contributed by atoms with Crippen molar-refractivity contribution in [3.8, 4) is 22.6 Å². The first kappa shape index (κ1) is 31.3. The first-order valence-electron chi connectivity index (χ1n) is 16.6. The molecule has 2 aromatic carbocycles. The zero-order valence-electron chi connectivity index (χ0n) is 27.8. The monoisotopic (exact) mass is 640 g/mol. The van der Waals surface area contributed by atoms with Crippen molar-refractivity contribution >= 4 is 22.5 Å². The van der Waals surface area contributed by atoms with E-state index in [4.69, 9.17) is 0 Å². The van der Waals surface area contributed by atoms with Crippen LogP contribution in [0.3, 0.4) is 0 Å². The summed E-state index contributed by atoms with van der Waals surface area (Å²) in [6.07, 6.45) is 5.41. The Labute approximate surface area is 273 Å². The zero-order valence-corrected chi connectivity index (χ0v) is 27.8. The van der Waals surface area contributed by atoms with Crippen molar-refractivity contribution in [1.82, 2.24) is 9.78 Å². The van der Waals surface area contributed by atoms with E-state index in [1.54, 1.807) is 16.7 Å². The van der Waals surface area contributed by atoms with Crippen LogP contribution in [0.1, 0.15) is 88.2 Å². The molecule has 0 saturated heterocycles. The Hall–Kier alpha value is -4.33. The van der Waals surface area contributed by atoms with Crippen LogP contribution in [0.5, 0.6) is 0 Å². The molecule has 0 saturated carbocycles. The number of aromatic nitrogens is 4. The van der Waals surface area contributed by atoms with E-state index in [2.05, 4.69) is 68.7 Å². The minimum Gasteiger partial charge on any atom is -0.223 e. The van der Waals surface area contributed by atoms with Crippen LogP contribution in [0, 0.1) is 5.82 Å². The normalized spacial score (nSPS) is 15.9. The SMILES string of the molecule is CCCCc1ccc2c3c4[n+](ccc13)C(CC)(CC)C(n1nc(C(F)(F)F)cc1-c1cccc[n+]1C)=Cc1ccc(F)c(c1-4)C2(C)C. The van der Waals surface area contributed by atoms with Gasteiger partial charge in [0.25, 0.3) is 0 Å². The summed E-state index contributed by atoms with van der Waals surface area (Å²) in [7, 11) is 1.82.